The van der Waals surface area contributed by atoms with Crippen LogP contribution in [-0.2, 0) is 56.3 Å². The molecule has 8 rings (SSSR count). The molecule has 0 unspecified atom stereocenters. The van der Waals surface area contributed by atoms with Gasteiger partial charge in [-0.05, 0) is 105 Å². The summed E-state index contributed by atoms with van der Waals surface area (Å²) in [6.45, 7) is 17.5. The van der Waals surface area contributed by atoms with Crippen LogP contribution in [0, 0.1) is 44.2 Å². The second kappa shape index (κ2) is 26.4. The number of halogens is 2. The number of esters is 2. The van der Waals surface area contributed by atoms with E-state index in [4.69, 9.17) is 25.7 Å². The highest BCUT2D eigenvalue weighted by molar-refractivity contribution is 5.77. The van der Waals surface area contributed by atoms with Crippen LogP contribution >= 0.6 is 0 Å². The smallest absolute Gasteiger partial charge is 0.407 e. The van der Waals surface area contributed by atoms with Crippen LogP contribution in [0.5, 0.6) is 0 Å². The van der Waals surface area contributed by atoms with E-state index in [9.17, 15) is 23.2 Å². The number of amides is 1. The molecule has 8 N–H and O–H groups in total. The Hall–Kier alpha value is -7.61. The molecule has 0 radical (unpaired) electrons. The van der Waals surface area contributed by atoms with Gasteiger partial charge >= 0.3 is 18.0 Å². The lowest BCUT2D eigenvalue weighted by molar-refractivity contribution is -0.146. The molecule has 1 aliphatic heterocycles. The van der Waals surface area contributed by atoms with Gasteiger partial charge in [0.2, 0.25) is 0 Å². The third-order valence-electron chi connectivity index (χ3n) is 12.8. The zero-order valence-corrected chi connectivity index (χ0v) is 43.8. The number of nitrogens with two attached hydrogens (primary N) is 2. The number of hydrogen-bond acceptors (Lipinski definition) is 11. The zero-order chi connectivity index (χ0) is 53.5. The SMILES string of the molecule is Cc1ccc(CNc2ccc(CC(=O)OC(C)C)c(N)c2F)cc1.Cc1ccc(CNc2ccc(CC(=O)OC3CC3)c(N)c2F)cc1.Cc1ccc2c(c1)[C@@H](NC(=O)OCc1ccccc1)[C@H](C)[C@@H](C(C)C)N2. The third-order valence-corrected chi connectivity index (χ3v) is 12.8. The monoisotopic (exact) mass is 1010 g/mol. The second-order valence-electron chi connectivity index (χ2n) is 19.8. The highest BCUT2D eigenvalue weighted by Crippen LogP contribution is 2.39. The molecule has 0 saturated heterocycles. The first kappa shape index (κ1) is 55.7. The van der Waals surface area contributed by atoms with Gasteiger partial charge in [0, 0.05) is 30.7 Å². The Kier molecular flexibility index (Phi) is 19.9. The Morgan fingerprint density at radius 1 is 0.662 bits per heavy atom. The molecule has 1 fully saturated rings. The molecule has 1 heterocycles. The van der Waals surface area contributed by atoms with Crippen LogP contribution in [0.1, 0.15) is 104 Å². The highest BCUT2D eigenvalue weighted by atomic mass is 19.1. The summed E-state index contributed by atoms with van der Waals surface area (Å²) in [5.41, 5.74) is 22.0. The Morgan fingerprint density at radius 3 is 1.68 bits per heavy atom. The molecule has 2 aliphatic rings. The van der Waals surface area contributed by atoms with Gasteiger partial charge in [-0.15, -0.1) is 0 Å². The summed E-state index contributed by atoms with van der Waals surface area (Å²) >= 11 is 0. The molecule has 6 aromatic carbocycles. The fourth-order valence-electron chi connectivity index (χ4n) is 8.43. The van der Waals surface area contributed by atoms with Crippen molar-refractivity contribution in [3.8, 4) is 0 Å². The third kappa shape index (κ3) is 16.5. The van der Waals surface area contributed by atoms with Gasteiger partial charge in [-0.25, -0.2) is 13.6 Å². The molecular weight excluding hydrogens is 939 g/mol. The number of hydrogen-bond donors (Lipinski definition) is 6. The van der Waals surface area contributed by atoms with E-state index in [1.807, 2.05) is 92.7 Å². The van der Waals surface area contributed by atoms with Gasteiger partial charge in [0.05, 0.1) is 47.7 Å². The second-order valence-corrected chi connectivity index (χ2v) is 19.8. The average molecular weight is 1010 g/mol. The fourth-order valence-corrected chi connectivity index (χ4v) is 8.43. The molecule has 1 amide bonds. The molecule has 74 heavy (non-hydrogen) atoms. The predicted octanol–water partition coefficient (Wildman–Crippen LogP) is 12.4. The molecular formula is C60H72F2N6O6. The topological polar surface area (TPSA) is 179 Å². The number of aryl methyl sites for hydroxylation is 3. The number of rotatable bonds is 16. The van der Waals surface area contributed by atoms with Gasteiger partial charge in [0.25, 0.3) is 0 Å². The van der Waals surface area contributed by atoms with Crippen molar-refractivity contribution in [2.45, 2.75) is 125 Å². The number of benzene rings is 6. The summed E-state index contributed by atoms with van der Waals surface area (Å²) in [6.07, 6.45) is 1.24. The number of ether oxygens (including phenoxy) is 3. The van der Waals surface area contributed by atoms with Crippen molar-refractivity contribution >= 4 is 46.5 Å². The van der Waals surface area contributed by atoms with E-state index in [-0.39, 0.29) is 67.1 Å². The average Bonchev–Trinajstić information content (AvgIpc) is 4.19. The Labute approximate surface area is 435 Å². The minimum atomic E-state index is -0.544. The van der Waals surface area contributed by atoms with Crippen molar-refractivity contribution in [3.63, 3.8) is 0 Å². The van der Waals surface area contributed by atoms with Crippen LogP contribution < -0.4 is 32.7 Å². The summed E-state index contributed by atoms with van der Waals surface area (Å²) in [5, 5.41) is 12.8. The maximum atomic E-state index is 14.4. The summed E-state index contributed by atoms with van der Waals surface area (Å²) in [7, 11) is 0. The van der Waals surface area contributed by atoms with Crippen LogP contribution in [0.25, 0.3) is 0 Å². The number of carbonyl (C=O) groups excluding carboxylic acids is 3. The van der Waals surface area contributed by atoms with E-state index in [0.29, 0.717) is 47.6 Å². The van der Waals surface area contributed by atoms with Crippen molar-refractivity contribution < 1.29 is 37.4 Å². The first-order valence-corrected chi connectivity index (χ1v) is 25.3. The van der Waals surface area contributed by atoms with Crippen molar-refractivity contribution in [1.29, 1.82) is 0 Å². The lowest BCUT2D eigenvalue weighted by atomic mass is 9.79. The number of carbonyl (C=O) groups is 3. The van der Waals surface area contributed by atoms with E-state index in [1.54, 1.807) is 38.1 Å². The summed E-state index contributed by atoms with van der Waals surface area (Å²) in [5.74, 6) is -1.13. The Morgan fingerprint density at radius 2 is 1.18 bits per heavy atom. The molecule has 0 spiro atoms. The lowest BCUT2D eigenvalue weighted by Crippen LogP contribution is -2.46. The minimum absolute atomic E-state index is 0.00248. The number of fused-ring (bicyclic) bond motifs is 1. The molecule has 6 aromatic rings. The van der Waals surface area contributed by atoms with E-state index in [1.165, 1.54) is 16.7 Å². The van der Waals surface area contributed by atoms with Crippen LogP contribution in [0.2, 0.25) is 0 Å². The van der Waals surface area contributed by atoms with E-state index < -0.39 is 17.6 Å². The highest BCUT2D eigenvalue weighted by Gasteiger charge is 2.36. The number of alkyl carbamates (subject to hydrolysis) is 1. The molecule has 0 aromatic heterocycles. The van der Waals surface area contributed by atoms with Crippen LogP contribution in [0.15, 0.2) is 121 Å². The quantitative estimate of drug-likeness (QED) is 0.0309. The molecule has 12 nitrogen and oxygen atoms in total. The Balaban J connectivity index is 0.000000181. The largest absolute Gasteiger partial charge is 0.463 e. The standard InChI is InChI=1S/C22H28N2O2.C19H21FN2O2.C19H23FN2O2/c1-14(2)20-16(4)21(18-12-15(3)10-11-19(18)23-20)24-22(25)26-13-17-8-6-5-7-9-17;1-12-2-4-13(5-3-12)11-22-16-9-6-14(19(21)18(16)20)10-17(23)24-15-7-8-15;1-12(2)24-17(23)10-15-8-9-16(18(20)19(15)21)22-11-14-6-4-13(3)5-7-14/h5-12,14,16,20-21,23H,13H2,1-4H3,(H,24,25);2-6,9,15,22H,7-8,10-11,21H2,1H3;4-9,12,22H,10-11,21H2,1-3H3/t16-,20-,21+;;/m1../s1. The van der Waals surface area contributed by atoms with Crippen LogP contribution in [0.4, 0.5) is 42.0 Å². The van der Waals surface area contributed by atoms with Crippen LogP contribution in [0.3, 0.4) is 0 Å². The molecule has 392 valence electrons. The van der Waals surface area contributed by atoms with Crippen molar-refractivity contribution in [3.05, 3.63) is 183 Å². The van der Waals surface area contributed by atoms with Crippen LogP contribution in [-0.4, -0.2) is 36.3 Å². The van der Waals surface area contributed by atoms with E-state index in [0.717, 1.165) is 40.8 Å². The first-order chi connectivity index (χ1) is 35.3. The Bertz CT molecular complexity index is 2700. The fraction of sp³-hybridized carbons (Fsp3) is 0.350. The molecule has 1 aliphatic carbocycles. The zero-order valence-electron chi connectivity index (χ0n) is 43.8. The molecule has 0 bridgehead atoms. The van der Waals surface area contributed by atoms with Crippen molar-refractivity contribution in [1.82, 2.24) is 5.32 Å². The van der Waals surface area contributed by atoms with Crippen molar-refractivity contribution in [2.24, 2.45) is 11.8 Å². The summed E-state index contributed by atoms with van der Waals surface area (Å²) in [4.78, 5) is 35.9. The maximum Gasteiger partial charge on any atom is 0.407 e. The van der Waals surface area contributed by atoms with Gasteiger partial charge in [-0.3, -0.25) is 9.59 Å². The van der Waals surface area contributed by atoms with Gasteiger partial charge in [-0.1, -0.05) is 141 Å². The van der Waals surface area contributed by atoms with E-state index in [2.05, 4.69) is 67.2 Å². The predicted molar refractivity (Wildman–Crippen MR) is 291 cm³/mol. The first-order valence-electron chi connectivity index (χ1n) is 25.3. The van der Waals surface area contributed by atoms with Crippen molar-refractivity contribution in [2.75, 3.05) is 27.4 Å². The molecule has 3 atom stereocenters. The summed E-state index contributed by atoms with van der Waals surface area (Å²) in [6, 6.07) is 38.8. The minimum Gasteiger partial charge on any atom is -0.463 e. The number of nitrogen functional groups attached to an aromatic ring is 2. The molecule has 14 heteroatoms. The maximum absolute atomic E-state index is 14.4. The van der Waals surface area contributed by atoms with E-state index >= 15 is 0 Å². The van der Waals surface area contributed by atoms with Gasteiger partial charge in [-0.2, -0.15) is 0 Å². The van der Waals surface area contributed by atoms with Gasteiger partial charge in [0.1, 0.15) is 12.7 Å². The van der Waals surface area contributed by atoms with Gasteiger partial charge < -0.3 is 46.9 Å². The number of nitrogens with one attached hydrogen (secondary N) is 4. The van der Waals surface area contributed by atoms with Gasteiger partial charge in [0.15, 0.2) is 11.6 Å². The lowest BCUT2D eigenvalue weighted by Gasteiger charge is -2.41. The number of anilines is 5. The normalized spacial score (nSPS) is 15.5. The molecule has 1 saturated carbocycles. The summed E-state index contributed by atoms with van der Waals surface area (Å²) < 4.78 is 44.5.